The summed E-state index contributed by atoms with van der Waals surface area (Å²) in [5.41, 5.74) is 7.65. The van der Waals surface area contributed by atoms with Gasteiger partial charge in [-0.2, -0.15) is 5.10 Å². The van der Waals surface area contributed by atoms with Gasteiger partial charge >= 0.3 is 0 Å². The Bertz CT molecular complexity index is 925. The van der Waals surface area contributed by atoms with Gasteiger partial charge in [0.1, 0.15) is 11.6 Å². The van der Waals surface area contributed by atoms with Crippen LogP contribution in [0.3, 0.4) is 0 Å². The summed E-state index contributed by atoms with van der Waals surface area (Å²) in [6.07, 6.45) is 2.99. The van der Waals surface area contributed by atoms with Crippen LogP contribution in [0.5, 0.6) is 5.75 Å². The molecule has 0 fully saturated rings. The van der Waals surface area contributed by atoms with Gasteiger partial charge in [0.15, 0.2) is 0 Å². The molecule has 1 aliphatic heterocycles. The summed E-state index contributed by atoms with van der Waals surface area (Å²) in [4.78, 5) is 0. The number of aryl methyl sites for hydroxylation is 3. The first kappa shape index (κ1) is 16.7. The fourth-order valence-electron chi connectivity index (χ4n) is 3.64. The van der Waals surface area contributed by atoms with Crippen molar-refractivity contribution in [3.8, 4) is 11.4 Å². The first-order valence-corrected chi connectivity index (χ1v) is 9.21. The molecule has 0 atom stereocenters. The molecule has 134 valence electrons. The minimum Gasteiger partial charge on any atom is -0.497 e. The van der Waals surface area contributed by atoms with Crippen molar-refractivity contribution in [1.29, 1.82) is 0 Å². The van der Waals surface area contributed by atoms with Crippen molar-refractivity contribution in [2.75, 3.05) is 19.0 Å². The Kier molecular flexibility index (Phi) is 4.41. The minimum absolute atomic E-state index is 0.901. The Hall–Kier alpha value is -2.75. The predicted octanol–water partition coefficient (Wildman–Crippen LogP) is 4.25. The van der Waals surface area contributed by atoms with Crippen LogP contribution in [-0.4, -0.2) is 23.4 Å². The summed E-state index contributed by atoms with van der Waals surface area (Å²) in [7, 11) is 1.70. The lowest BCUT2D eigenvalue weighted by Gasteiger charge is -2.11. The highest BCUT2D eigenvalue weighted by atomic mass is 16.5. The van der Waals surface area contributed by atoms with Crippen molar-refractivity contribution in [2.24, 2.45) is 0 Å². The molecule has 4 rings (SSSR count). The van der Waals surface area contributed by atoms with E-state index in [1.54, 1.807) is 7.11 Å². The van der Waals surface area contributed by atoms with Gasteiger partial charge in [-0.05, 0) is 68.0 Å². The van der Waals surface area contributed by atoms with Crippen LogP contribution in [-0.2, 0) is 19.3 Å². The third-order valence-corrected chi connectivity index (χ3v) is 5.35. The molecule has 0 radical (unpaired) electrons. The van der Waals surface area contributed by atoms with Crippen LogP contribution in [0, 0.1) is 13.8 Å². The Labute approximate surface area is 154 Å². The Morgan fingerprint density at radius 3 is 2.65 bits per heavy atom. The quantitative estimate of drug-likeness (QED) is 0.750. The van der Waals surface area contributed by atoms with Crippen LogP contribution in [0.2, 0.25) is 0 Å². The van der Waals surface area contributed by atoms with Crippen LogP contribution in [0.1, 0.15) is 27.9 Å². The molecule has 1 aromatic heterocycles. The molecule has 1 aliphatic rings. The van der Waals surface area contributed by atoms with E-state index in [0.717, 1.165) is 31.6 Å². The van der Waals surface area contributed by atoms with E-state index in [1.807, 2.05) is 12.1 Å². The van der Waals surface area contributed by atoms with E-state index in [0.29, 0.717) is 0 Å². The average molecular weight is 347 g/mol. The summed E-state index contributed by atoms with van der Waals surface area (Å²) in [5.74, 6) is 2.07. The number of nitrogens with one attached hydrogen (secondary N) is 1. The maximum atomic E-state index is 5.24. The first-order valence-electron chi connectivity index (χ1n) is 9.21. The number of benzene rings is 2. The van der Waals surface area contributed by atoms with Crippen molar-refractivity contribution in [1.82, 2.24) is 9.78 Å². The molecular formula is C22H25N3O. The first-order chi connectivity index (χ1) is 12.7. The maximum absolute atomic E-state index is 5.24. The van der Waals surface area contributed by atoms with E-state index >= 15 is 0 Å². The number of rotatable bonds is 5. The van der Waals surface area contributed by atoms with E-state index < -0.39 is 0 Å². The lowest BCUT2D eigenvalue weighted by atomic mass is 10.1. The average Bonchev–Trinajstić information content (AvgIpc) is 3.26. The highest BCUT2D eigenvalue weighted by molar-refractivity contribution is 5.59. The molecule has 1 N–H and O–H groups in total. The van der Waals surface area contributed by atoms with Crippen LogP contribution in [0.15, 0.2) is 42.5 Å². The Morgan fingerprint density at radius 1 is 1.08 bits per heavy atom. The van der Waals surface area contributed by atoms with Gasteiger partial charge in [0.25, 0.3) is 0 Å². The fraction of sp³-hybridized carbons (Fsp3) is 0.318. The lowest BCUT2D eigenvalue weighted by Crippen LogP contribution is -2.07. The van der Waals surface area contributed by atoms with Crippen LogP contribution >= 0.6 is 0 Å². The Morgan fingerprint density at radius 2 is 1.88 bits per heavy atom. The zero-order chi connectivity index (χ0) is 18.1. The molecule has 2 aromatic carbocycles. The smallest absolute Gasteiger partial charge is 0.133 e. The van der Waals surface area contributed by atoms with Crippen molar-refractivity contribution in [3.05, 3.63) is 70.4 Å². The number of aromatic nitrogens is 2. The maximum Gasteiger partial charge on any atom is 0.133 e. The minimum atomic E-state index is 0.901. The van der Waals surface area contributed by atoms with Gasteiger partial charge in [-0.1, -0.05) is 24.3 Å². The zero-order valence-corrected chi connectivity index (χ0v) is 15.7. The predicted molar refractivity (Wildman–Crippen MR) is 106 cm³/mol. The van der Waals surface area contributed by atoms with Gasteiger partial charge in [-0.3, -0.25) is 0 Å². The highest BCUT2D eigenvalue weighted by Gasteiger charge is 2.23. The zero-order valence-electron chi connectivity index (χ0n) is 15.7. The Balaban J connectivity index is 1.62. The number of fused-ring (bicyclic) bond motifs is 1. The number of methoxy groups -OCH3 is 1. The standard InChI is InChI=1S/C22H25N3O/c1-15-5-4-6-21(16(15)2)25-22-19(13-14-23-22)20(24-25)12-9-17-7-10-18(26-3)11-8-17/h4-8,10-11,23H,9,12-14H2,1-3H3. The largest absolute Gasteiger partial charge is 0.497 e. The van der Waals surface area contributed by atoms with Crippen molar-refractivity contribution >= 4 is 5.82 Å². The van der Waals surface area contributed by atoms with E-state index in [2.05, 4.69) is 54.2 Å². The molecule has 0 aliphatic carbocycles. The van der Waals surface area contributed by atoms with Crippen LogP contribution in [0.4, 0.5) is 5.82 Å². The molecule has 0 unspecified atom stereocenters. The third-order valence-electron chi connectivity index (χ3n) is 5.35. The van der Waals surface area contributed by atoms with E-state index in [4.69, 9.17) is 9.84 Å². The SMILES string of the molecule is COc1ccc(CCc2nn(-c3cccc(C)c3C)c3c2CCN3)cc1. The monoisotopic (exact) mass is 347 g/mol. The normalized spacial score (nSPS) is 12.7. The number of ether oxygens (including phenoxy) is 1. The number of nitrogens with zero attached hydrogens (tertiary/aromatic N) is 2. The van der Waals surface area contributed by atoms with E-state index in [-0.39, 0.29) is 0 Å². The van der Waals surface area contributed by atoms with E-state index in [9.17, 15) is 0 Å². The van der Waals surface area contributed by atoms with Crippen LogP contribution < -0.4 is 10.1 Å². The molecule has 26 heavy (non-hydrogen) atoms. The van der Waals surface area contributed by atoms with Gasteiger partial charge in [-0.25, -0.2) is 4.68 Å². The molecule has 2 heterocycles. The molecule has 0 spiro atoms. The summed E-state index contributed by atoms with van der Waals surface area (Å²) in [6, 6.07) is 14.7. The molecule has 0 bridgehead atoms. The third kappa shape index (κ3) is 2.96. The number of anilines is 1. The van der Waals surface area contributed by atoms with Crippen molar-refractivity contribution < 1.29 is 4.74 Å². The molecule has 0 saturated carbocycles. The molecule has 4 nitrogen and oxygen atoms in total. The molecular weight excluding hydrogens is 322 g/mol. The summed E-state index contributed by atoms with van der Waals surface area (Å²) in [5, 5.41) is 8.51. The summed E-state index contributed by atoms with van der Waals surface area (Å²) < 4.78 is 7.35. The van der Waals surface area contributed by atoms with Crippen LogP contribution in [0.25, 0.3) is 5.69 Å². The fourth-order valence-corrected chi connectivity index (χ4v) is 3.64. The van der Waals surface area contributed by atoms with Crippen molar-refractivity contribution in [2.45, 2.75) is 33.1 Å². The topological polar surface area (TPSA) is 39.1 Å². The van der Waals surface area contributed by atoms with Gasteiger partial charge in [-0.15, -0.1) is 0 Å². The molecule has 4 heteroatoms. The second-order valence-corrected chi connectivity index (χ2v) is 6.93. The summed E-state index contributed by atoms with van der Waals surface area (Å²) >= 11 is 0. The van der Waals surface area contributed by atoms with Gasteiger partial charge in [0.05, 0.1) is 18.5 Å². The summed E-state index contributed by atoms with van der Waals surface area (Å²) in [6.45, 7) is 5.32. The molecule has 3 aromatic rings. The second-order valence-electron chi connectivity index (χ2n) is 6.93. The van der Waals surface area contributed by atoms with Gasteiger partial charge in [0, 0.05) is 12.1 Å². The molecule has 0 saturated heterocycles. The molecule has 0 amide bonds. The number of hydrogen-bond donors (Lipinski definition) is 1. The highest BCUT2D eigenvalue weighted by Crippen LogP contribution is 2.31. The van der Waals surface area contributed by atoms with E-state index in [1.165, 1.54) is 39.5 Å². The number of hydrogen-bond acceptors (Lipinski definition) is 3. The van der Waals surface area contributed by atoms with Gasteiger partial charge < -0.3 is 10.1 Å². The van der Waals surface area contributed by atoms with Gasteiger partial charge in [0.2, 0.25) is 0 Å². The second kappa shape index (κ2) is 6.87. The lowest BCUT2D eigenvalue weighted by molar-refractivity contribution is 0.414. The van der Waals surface area contributed by atoms with Crippen molar-refractivity contribution in [3.63, 3.8) is 0 Å².